The smallest absolute Gasteiger partial charge is 0.465 e. The van der Waals surface area contributed by atoms with Gasteiger partial charge in [-0.1, -0.05) is 18.2 Å². The molecule has 5 nitrogen and oxygen atoms in total. The maximum absolute atomic E-state index is 15.8. The van der Waals surface area contributed by atoms with Crippen LogP contribution in [0.1, 0.15) is 66.0 Å². The maximum Gasteiger partial charge on any atom is 0.494 e. The molecule has 3 rings (SSSR count). The lowest BCUT2D eigenvalue weighted by Gasteiger charge is -2.37. The van der Waals surface area contributed by atoms with Crippen LogP contribution in [0, 0.1) is 0 Å². The van der Waals surface area contributed by atoms with Gasteiger partial charge in [0.25, 0.3) is 0 Å². The van der Waals surface area contributed by atoms with Crippen molar-refractivity contribution < 1.29 is 23.6 Å². The van der Waals surface area contributed by atoms with Crippen molar-refractivity contribution in [1.82, 2.24) is 4.90 Å². The van der Waals surface area contributed by atoms with Crippen LogP contribution in [0.15, 0.2) is 18.2 Å². The van der Waals surface area contributed by atoms with E-state index in [-0.39, 0.29) is 13.0 Å². The fourth-order valence-electron chi connectivity index (χ4n) is 3.86. The standard InChI is InChI=1S/C21H31BFNO4/c1-18(2,3)24(17(25)26)13-21(23)11-10-14-12-15(8-9-16(14)21)22-27-19(4,5)20(6,7)28-22/h8-9,12H,10-11,13H2,1-7H3,(H,25,26). The summed E-state index contributed by atoms with van der Waals surface area (Å²) in [6, 6.07) is 5.55. The second-order valence-electron chi connectivity index (χ2n) is 10.0. The number of carbonyl (C=O) groups is 1. The lowest BCUT2D eigenvalue weighted by atomic mass is 9.77. The molecule has 1 fully saturated rings. The minimum atomic E-state index is -1.69. The summed E-state index contributed by atoms with van der Waals surface area (Å²) in [5.41, 5.74) is -0.888. The van der Waals surface area contributed by atoms with Crippen LogP contribution in [0.5, 0.6) is 0 Å². The zero-order chi connectivity index (χ0) is 21.1. The Kier molecular flexibility index (Phi) is 4.87. The molecule has 1 saturated heterocycles. The molecule has 28 heavy (non-hydrogen) atoms. The molecule has 1 aliphatic heterocycles. The molecule has 1 aromatic rings. The van der Waals surface area contributed by atoms with Crippen LogP contribution in [-0.4, -0.2) is 46.5 Å². The lowest BCUT2D eigenvalue weighted by molar-refractivity contribution is 0.00578. The molecule has 0 radical (unpaired) electrons. The zero-order valence-corrected chi connectivity index (χ0v) is 17.9. The normalized spacial score (nSPS) is 25.6. The summed E-state index contributed by atoms with van der Waals surface area (Å²) < 4.78 is 28.0. The third kappa shape index (κ3) is 3.55. The second kappa shape index (κ2) is 6.46. The van der Waals surface area contributed by atoms with Gasteiger partial charge in [-0.3, -0.25) is 4.90 Å². The molecule has 0 aromatic heterocycles. The molecule has 1 aromatic carbocycles. The number of alkyl halides is 1. The summed E-state index contributed by atoms with van der Waals surface area (Å²) in [5, 5.41) is 9.54. The van der Waals surface area contributed by atoms with Gasteiger partial charge in [0, 0.05) is 5.54 Å². The number of rotatable bonds is 3. The highest BCUT2D eigenvalue weighted by Crippen LogP contribution is 2.42. The number of hydrogen-bond donors (Lipinski definition) is 1. The van der Waals surface area contributed by atoms with Crippen LogP contribution in [-0.2, 0) is 21.4 Å². The van der Waals surface area contributed by atoms with Crippen LogP contribution in [0.3, 0.4) is 0 Å². The highest BCUT2D eigenvalue weighted by atomic mass is 19.1. The first-order chi connectivity index (χ1) is 12.7. The van der Waals surface area contributed by atoms with Crippen molar-refractivity contribution in [2.45, 2.75) is 83.7 Å². The van der Waals surface area contributed by atoms with Gasteiger partial charge in [-0.15, -0.1) is 0 Å². The van der Waals surface area contributed by atoms with E-state index in [1.54, 1.807) is 26.8 Å². The molecule has 1 unspecified atom stereocenters. The van der Waals surface area contributed by atoms with Crippen molar-refractivity contribution in [1.29, 1.82) is 0 Å². The Labute approximate surface area is 167 Å². The Balaban J connectivity index is 1.86. The predicted octanol–water partition coefficient (Wildman–Crippen LogP) is 3.88. The van der Waals surface area contributed by atoms with Gasteiger partial charge in [0.15, 0.2) is 5.67 Å². The summed E-state index contributed by atoms with van der Waals surface area (Å²) in [5.74, 6) is 0. The fourth-order valence-corrected chi connectivity index (χ4v) is 3.86. The summed E-state index contributed by atoms with van der Waals surface area (Å²) >= 11 is 0. The van der Waals surface area contributed by atoms with Crippen molar-refractivity contribution in [3.8, 4) is 0 Å². The molecular formula is C21H31BFNO4. The van der Waals surface area contributed by atoms with Gasteiger partial charge < -0.3 is 14.4 Å². The van der Waals surface area contributed by atoms with Crippen LogP contribution < -0.4 is 5.46 Å². The fraction of sp³-hybridized carbons (Fsp3) is 0.667. The van der Waals surface area contributed by atoms with E-state index in [0.717, 1.165) is 11.0 Å². The molecule has 1 aliphatic carbocycles. The summed E-state index contributed by atoms with van der Waals surface area (Å²) in [6.45, 7) is 13.2. The van der Waals surface area contributed by atoms with E-state index in [1.807, 2.05) is 39.8 Å². The van der Waals surface area contributed by atoms with E-state index in [2.05, 4.69) is 0 Å². The summed E-state index contributed by atoms with van der Waals surface area (Å²) in [6.07, 6.45) is -0.266. The minimum Gasteiger partial charge on any atom is -0.465 e. The first-order valence-electron chi connectivity index (χ1n) is 9.85. The number of aryl methyl sites for hydroxylation is 1. The molecule has 1 atom stereocenters. The van der Waals surface area contributed by atoms with E-state index in [0.29, 0.717) is 12.0 Å². The molecule has 2 aliphatic rings. The average Bonchev–Trinajstić information content (AvgIpc) is 2.98. The van der Waals surface area contributed by atoms with E-state index in [1.165, 1.54) is 4.90 Å². The lowest BCUT2D eigenvalue weighted by Crippen LogP contribution is -2.50. The van der Waals surface area contributed by atoms with Crippen molar-refractivity contribution in [3.63, 3.8) is 0 Å². The largest absolute Gasteiger partial charge is 0.494 e. The molecule has 1 amide bonds. The van der Waals surface area contributed by atoms with Gasteiger partial charge in [0.2, 0.25) is 0 Å². The van der Waals surface area contributed by atoms with Gasteiger partial charge in [-0.25, -0.2) is 9.18 Å². The second-order valence-corrected chi connectivity index (χ2v) is 10.0. The highest BCUT2D eigenvalue weighted by molar-refractivity contribution is 6.62. The van der Waals surface area contributed by atoms with E-state index in [9.17, 15) is 9.90 Å². The van der Waals surface area contributed by atoms with E-state index < -0.39 is 35.6 Å². The van der Waals surface area contributed by atoms with Gasteiger partial charge in [-0.2, -0.15) is 0 Å². The number of carboxylic acid groups (broad SMARTS) is 1. The number of amides is 1. The summed E-state index contributed by atoms with van der Waals surface area (Å²) in [4.78, 5) is 12.8. The Bertz CT molecular complexity index is 773. The molecule has 0 spiro atoms. The first kappa shape index (κ1) is 21.1. The van der Waals surface area contributed by atoms with Crippen LogP contribution in [0.4, 0.5) is 9.18 Å². The summed E-state index contributed by atoms with van der Waals surface area (Å²) in [7, 11) is -0.491. The van der Waals surface area contributed by atoms with Gasteiger partial charge in [-0.05, 0) is 77.9 Å². The van der Waals surface area contributed by atoms with Crippen molar-refractivity contribution >= 4 is 18.7 Å². The average molecular weight is 391 g/mol. The number of halogens is 1. The Hall–Kier alpha value is -1.60. The minimum absolute atomic E-state index is 0.172. The number of fused-ring (bicyclic) bond motifs is 1. The molecule has 0 saturated carbocycles. The molecular weight excluding hydrogens is 360 g/mol. The Morgan fingerprint density at radius 3 is 2.29 bits per heavy atom. The highest BCUT2D eigenvalue weighted by Gasteiger charge is 2.52. The first-order valence-corrected chi connectivity index (χ1v) is 9.85. The Morgan fingerprint density at radius 2 is 1.79 bits per heavy atom. The van der Waals surface area contributed by atoms with Gasteiger partial charge in [0.05, 0.1) is 17.7 Å². The van der Waals surface area contributed by atoms with Crippen LogP contribution in [0.25, 0.3) is 0 Å². The van der Waals surface area contributed by atoms with Crippen LogP contribution in [0.2, 0.25) is 0 Å². The number of nitrogens with zero attached hydrogens (tertiary/aromatic N) is 1. The SMILES string of the molecule is CC(C)(C)N(CC1(F)CCc2cc(B3OC(C)(C)C(C)(C)O3)ccc21)C(=O)O. The molecule has 0 bridgehead atoms. The van der Waals surface area contributed by atoms with Gasteiger partial charge >= 0.3 is 13.2 Å². The van der Waals surface area contributed by atoms with E-state index >= 15 is 4.39 Å². The van der Waals surface area contributed by atoms with Crippen molar-refractivity contribution in [2.75, 3.05) is 6.54 Å². The van der Waals surface area contributed by atoms with Gasteiger partial charge in [0.1, 0.15) is 0 Å². The Morgan fingerprint density at radius 1 is 1.21 bits per heavy atom. The molecule has 1 heterocycles. The van der Waals surface area contributed by atoms with Crippen LogP contribution >= 0.6 is 0 Å². The monoisotopic (exact) mass is 391 g/mol. The molecule has 154 valence electrons. The topological polar surface area (TPSA) is 59.0 Å². The molecule has 7 heteroatoms. The van der Waals surface area contributed by atoms with E-state index in [4.69, 9.17) is 9.31 Å². The molecule has 1 N–H and O–H groups in total. The maximum atomic E-state index is 15.8. The third-order valence-electron chi connectivity index (χ3n) is 6.38. The third-order valence-corrected chi connectivity index (χ3v) is 6.38. The number of hydrogen-bond acceptors (Lipinski definition) is 3. The van der Waals surface area contributed by atoms with Crippen molar-refractivity contribution in [3.05, 3.63) is 29.3 Å². The predicted molar refractivity (Wildman–Crippen MR) is 108 cm³/mol. The zero-order valence-electron chi connectivity index (χ0n) is 17.9. The quantitative estimate of drug-likeness (QED) is 0.795. The number of benzene rings is 1. The van der Waals surface area contributed by atoms with Crippen molar-refractivity contribution in [2.24, 2.45) is 0 Å².